The van der Waals surface area contributed by atoms with Gasteiger partial charge < -0.3 is 34.1 Å². The number of methoxy groups -OCH3 is 1. The highest BCUT2D eigenvalue weighted by molar-refractivity contribution is 6.06. The molecular formula is C54H64N10O7. The van der Waals surface area contributed by atoms with E-state index in [0.29, 0.717) is 62.3 Å². The molecule has 0 spiro atoms. The first kappa shape index (κ1) is 47.5. The largest absolute Gasteiger partial charge is 0.497 e. The van der Waals surface area contributed by atoms with Crippen molar-refractivity contribution in [1.29, 1.82) is 0 Å². The van der Waals surface area contributed by atoms with Crippen molar-refractivity contribution in [2.45, 2.75) is 85.0 Å². The molecule has 4 aliphatic heterocycles. The Morgan fingerprint density at radius 2 is 1.59 bits per heavy atom. The van der Waals surface area contributed by atoms with E-state index >= 15 is 0 Å². The average molecular weight is 965 g/mol. The zero-order chi connectivity index (χ0) is 49.4. The molecule has 1 saturated carbocycles. The highest BCUT2D eigenvalue weighted by atomic mass is 16.6. The summed E-state index contributed by atoms with van der Waals surface area (Å²) in [6, 6.07) is 22.0. The van der Waals surface area contributed by atoms with Crippen LogP contribution >= 0.6 is 0 Å². The topological polar surface area (TPSA) is 158 Å². The van der Waals surface area contributed by atoms with Crippen LogP contribution in [0, 0.1) is 19.8 Å². The molecular weight excluding hydrogens is 901 g/mol. The van der Waals surface area contributed by atoms with Crippen molar-refractivity contribution < 1.29 is 33.3 Å². The number of nitrogens with zero attached hydrogens (tertiary/aromatic N) is 9. The van der Waals surface area contributed by atoms with E-state index in [0.717, 1.165) is 114 Å². The highest BCUT2D eigenvalue weighted by Crippen LogP contribution is 2.40. The number of aryl methyl sites for hydroxylation is 1. The van der Waals surface area contributed by atoms with Gasteiger partial charge in [0.15, 0.2) is 0 Å². The number of hydrogen-bond donors (Lipinski definition) is 1. The van der Waals surface area contributed by atoms with Crippen molar-refractivity contribution >= 4 is 52.4 Å². The number of benzene rings is 3. The number of pyridine rings is 1. The number of amides is 4. The second-order valence-corrected chi connectivity index (χ2v) is 20.2. The number of carbonyl (C=O) groups is 3. The summed E-state index contributed by atoms with van der Waals surface area (Å²) >= 11 is 0. The van der Waals surface area contributed by atoms with Crippen LogP contribution < -0.4 is 39.1 Å². The van der Waals surface area contributed by atoms with E-state index < -0.39 is 11.7 Å². The summed E-state index contributed by atoms with van der Waals surface area (Å²) < 4.78 is 23.1. The van der Waals surface area contributed by atoms with Gasteiger partial charge in [0.2, 0.25) is 17.7 Å². The SMILES string of the molecule is COc1ccc(CN2C(=O)CCN(c3ccc(N4CCN(C5CC(COc6ccc(Nc7ncc8c(n7)CN(c7cnc9c(c7C)N(C(=O)OC(C)(C)C)CCO9)CC8)cc6)C5)CC4)cc3C)C2=O)cc1. The van der Waals surface area contributed by atoms with Crippen LogP contribution in [0.4, 0.5) is 44.0 Å². The van der Waals surface area contributed by atoms with Crippen molar-refractivity contribution in [1.82, 2.24) is 24.8 Å². The lowest BCUT2D eigenvalue weighted by molar-refractivity contribution is -0.129. The lowest BCUT2D eigenvalue weighted by Gasteiger charge is -2.46. The van der Waals surface area contributed by atoms with E-state index in [1.807, 2.05) is 102 Å². The van der Waals surface area contributed by atoms with Crippen molar-refractivity contribution in [3.8, 4) is 17.4 Å². The number of piperazine rings is 1. The van der Waals surface area contributed by atoms with Gasteiger partial charge >= 0.3 is 12.1 Å². The molecule has 4 amide bonds. The Bertz CT molecular complexity index is 2770. The third kappa shape index (κ3) is 10.4. The lowest BCUT2D eigenvalue weighted by atomic mass is 9.79. The maximum absolute atomic E-state index is 13.6. The van der Waals surface area contributed by atoms with Gasteiger partial charge in [0.25, 0.3) is 0 Å². The minimum Gasteiger partial charge on any atom is -0.497 e. The molecule has 0 radical (unpaired) electrons. The Morgan fingerprint density at radius 1 is 0.831 bits per heavy atom. The fourth-order valence-electron chi connectivity index (χ4n) is 10.3. The van der Waals surface area contributed by atoms with Crippen LogP contribution in [-0.4, -0.2) is 121 Å². The number of fused-ring (bicyclic) bond motifs is 2. The standard InChI is InChI=1S/C54H64N10O7/c1-35-27-41(11-16-46(35)62-20-18-48(65)64(52(62)66)32-37-7-12-43(68-6)13-8-37)59-21-23-60(24-22-59)42-28-38(29-42)34-70-44-14-9-40(10-15-44)57-51-56-30-39-17-19-61(33-45(39)58-51)47-31-55-50-49(36(47)2)63(25-26-69-50)53(67)71-54(3,4)5/h7-16,27,30-31,38,42H,17-26,28-29,32-34H2,1-6H3,(H,56,57,58). The van der Waals surface area contributed by atoms with E-state index in [-0.39, 0.29) is 24.9 Å². The average Bonchev–Trinajstić information content (AvgIpc) is 3.35. The van der Waals surface area contributed by atoms with Gasteiger partial charge in [-0.2, -0.15) is 0 Å². The number of imide groups is 1. The first-order valence-corrected chi connectivity index (χ1v) is 24.8. The maximum Gasteiger partial charge on any atom is 0.415 e. The predicted molar refractivity (Wildman–Crippen MR) is 272 cm³/mol. The third-order valence-corrected chi connectivity index (χ3v) is 14.3. The summed E-state index contributed by atoms with van der Waals surface area (Å²) in [5.41, 5.74) is 8.68. The zero-order valence-corrected chi connectivity index (χ0v) is 41.6. The molecule has 5 aromatic rings. The maximum atomic E-state index is 13.6. The lowest BCUT2D eigenvalue weighted by Crippen LogP contribution is -2.54. The summed E-state index contributed by atoms with van der Waals surface area (Å²) in [6.45, 7) is 16.9. The Kier molecular flexibility index (Phi) is 13.3. The van der Waals surface area contributed by atoms with Crippen LogP contribution in [-0.2, 0) is 29.0 Å². The van der Waals surface area contributed by atoms with Crippen molar-refractivity contribution in [3.63, 3.8) is 0 Å². The second-order valence-electron chi connectivity index (χ2n) is 20.2. The van der Waals surface area contributed by atoms with Gasteiger partial charge in [-0.3, -0.25) is 24.4 Å². The number of rotatable bonds is 12. The minimum atomic E-state index is -0.622. The van der Waals surface area contributed by atoms with Gasteiger partial charge in [0.05, 0.1) is 50.9 Å². The zero-order valence-electron chi connectivity index (χ0n) is 41.6. The van der Waals surface area contributed by atoms with Crippen LogP contribution in [0.1, 0.15) is 68.0 Å². The summed E-state index contributed by atoms with van der Waals surface area (Å²) in [5, 5.41) is 3.38. The van der Waals surface area contributed by atoms with Crippen LogP contribution in [0.25, 0.3) is 0 Å². The molecule has 3 aromatic carbocycles. The molecule has 5 aliphatic rings. The Morgan fingerprint density at radius 3 is 2.32 bits per heavy atom. The molecule has 71 heavy (non-hydrogen) atoms. The number of aromatic nitrogens is 3. The number of anilines is 6. The van der Waals surface area contributed by atoms with Crippen molar-refractivity contribution in [2.24, 2.45) is 5.92 Å². The summed E-state index contributed by atoms with van der Waals surface area (Å²) in [6.07, 6.45) is 6.65. The number of carbonyl (C=O) groups excluding carboxylic acids is 3. The van der Waals surface area contributed by atoms with Crippen molar-refractivity contribution in [3.05, 3.63) is 107 Å². The van der Waals surface area contributed by atoms with Crippen LogP contribution in [0.2, 0.25) is 0 Å². The Labute approximate surface area is 415 Å². The molecule has 17 nitrogen and oxygen atoms in total. The summed E-state index contributed by atoms with van der Waals surface area (Å²) in [7, 11) is 1.61. The number of urea groups is 1. The summed E-state index contributed by atoms with van der Waals surface area (Å²) in [4.78, 5) is 65.9. The van der Waals surface area contributed by atoms with Crippen LogP contribution in [0.15, 0.2) is 79.1 Å². The molecule has 1 aliphatic carbocycles. The fraction of sp³-hybridized carbons (Fsp3) is 0.444. The molecule has 2 saturated heterocycles. The van der Waals surface area contributed by atoms with E-state index in [1.54, 1.807) is 16.9 Å². The quantitative estimate of drug-likeness (QED) is 0.127. The fourth-order valence-corrected chi connectivity index (χ4v) is 10.3. The van der Waals surface area contributed by atoms with E-state index in [1.165, 1.54) is 4.90 Å². The molecule has 372 valence electrons. The molecule has 0 atom stereocenters. The minimum absolute atomic E-state index is 0.155. The van der Waals surface area contributed by atoms with Gasteiger partial charge in [-0.1, -0.05) is 12.1 Å². The van der Waals surface area contributed by atoms with Crippen molar-refractivity contribution in [2.75, 3.05) is 91.1 Å². The molecule has 3 fully saturated rings. The third-order valence-electron chi connectivity index (χ3n) is 14.3. The van der Waals surface area contributed by atoms with Gasteiger partial charge in [0.1, 0.15) is 29.4 Å². The molecule has 1 N–H and O–H groups in total. The molecule has 17 heteroatoms. The van der Waals surface area contributed by atoms with Gasteiger partial charge in [0, 0.05) is 80.6 Å². The van der Waals surface area contributed by atoms with E-state index in [9.17, 15) is 14.4 Å². The normalized spacial score (nSPS) is 19.4. The van der Waals surface area contributed by atoms with Gasteiger partial charge in [-0.15, -0.1) is 0 Å². The highest BCUT2D eigenvalue weighted by Gasteiger charge is 2.37. The first-order chi connectivity index (χ1) is 34.3. The molecule has 0 unspecified atom stereocenters. The number of nitrogens with one attached hydrogen (secondary N) is 1. The second kappa shape index (κ2) is 19.9. The first-order valence-electron chi connectivity index (χ1n) is 24.8. The van der Waals surface area contributed by atoms with E-state index in [4.69, 9.17) is 23.9 Å². The smallest absolute Gasteiger partial charge is 0.415 e. The molecule has 0 bridgehead atoms. The molecule has 2 aromatic heterocycles. The number of hydrogen-bond acceptors (Lipinski definition) is 14. The monoisotopic (exact) mass is 964 g/mol. The Hall–Kier alpha value is -7.14. The summed E-state index contributed by atoms with van der Waals surface area (Å²) in [5.74, 6) is 2.90. The Balaban J connectivity index is 0.670. The van der Waals surface area contributed by atoms with Gasteiger partial charge in [-0.25, -0.2) is 24.5 Å². The molecule has 10 rings (SSSR count). The predicted octanol–water partition coefficient (Wildman–Crippen LogP) is 8.28. The molecule has 6 heterocycles. The number of ether oxygens (including phenoxy) is 4. The van der Waals surface area contributed by atoms with Crippen LogP contribution in [0.3, 0.4) is 0 Å². The van der Waals surface area contributed by atoms with Crippen LogP contribution in [0.5, 0.6) is 17.4 Å². The van der Waals surface area contributed by atoms with Gasteiger partial charge in [-0.05, 0) is 131 Å². The van der Waals surface area contributed by atoms with E-state index in [2.05, 4.69) is 42.1 Å².